The molecule has 2 aromatic carbocycles. The number of anilines is 1. The van der Waals surface area contributed by atoms with Crippen molar-refractivity contribution >= 4 is 46.0 Å². The van der Waals surface area contributed by atoms with Gasteiger partial charge in [-0.2, -0.15) is 0 Å². The lowest BCUT2D eigenvalue weighted by molar-refractivity contribution is -0.119. The van der Waals surface area contributed by atoms with Crippen molar-refractivity contribution in [3.8, 4) is 11.1 Å². The average molecular weight is 495 g/mol. The molecule has 0 unspecified atom stereocenters. The Balaban J connectivity index is 1.81. The normalized spacial score (nSPS) is 15.8. The number of rotatable bonds is 5. The standard InChI is InChI=1S/C18H15FIN5O3/c1-10(26)22-8-13-9-25(18(27)28-13)12-3-4-14(15(19)7-12)11-2-5-17(23-24-21)16(20)6-11/h2-7,13H,8-9H2,1H3,(H,22,26)/t13-/m0/s1. The first-order valence-corrected chi connectivity index (χ1v) is 9.34. The van der Waals surface area contributed by atoms with Crippen molar-refractivity contribution in [1.82, 2.24) is 5.32 Å². The minimum absolute atomic E-state index is 0.202. The lowest BCUT2D eigenvalue weighted by Gasteiger charge is -2.15. The van der Waals surface area contributed by atoms with Gasteiger partial charge in [-0.15, -0.1) is 0 Å². The second kappa shape index (κ2) is 8.44. The molecule has 1 aliphatic rings. The maximum atomic E-state index is 14.7. The van der Waals surface area contributed by atoms with Gasteiger partial charge in [0.15, 0.2) is 0 Å². The number of amides is 2. The topological polar surface area (TPSA) is 107 Å². The van der Waals surface area contributed by atoms with E-state index in [9.17, 15) is 14.0 Å². The molecule has 1 heterocycles. The van der Waals surface area contributed by atoms with Gasteiger partial charge in [-0.1, -0.05) is 17.2 Å². The summed E-state index contributed by atoms with van der Waals surface area (Å²) in [6.45, 7) is 1.80. The van der Waals surface area contributed by atoms with Crippen molar-refractivity contribution in [2.75, 3.05) is 18.0 Å². The van der Waals surface area contributed by atoms with E-state index in [1.807, 2.05) is 22.6 Å². The van der Waals surface area contributed by atoms with Gasteiger partial charge in [0.2, 0.25) is 5.91 Å². The molecule has 28 heavy (non-hydrogen) atoms. The summed E-state index contributed by atoms with van der Waals surface area (Å²) in [5, 5.41) is 6.16. The van der Waals surface area contributed by atoms with E-state index in [2.05, 4.69) is 15.3 Å². The molecular formula is C18H15FIN5O3. The number of carbonyl (C=O) groups excluding carboxylic acids is 2. The van der Waals surface area contributed by atoms with Crippen LogP contribution in [0.5, 0.6) is 0 Å². The molecule has 1 N–H and O–H groups in total. The van der Waals surface area contributed by atoms with E-state index < -0.39 is 18.0 Å². The molecule has 0 aliphatic carbocycles. The van der Waals surface area contributed by atoms with Crippen LogP contribution in [0, 0.1) is 9.39 Å². The van der Waals surface area contributed by atoms with Gasteiger partial charge in [0.25, 0.3) is 0 Å². The first-order chi connectivity index (χ1) is 13.4. The molecule has 8 nitrogen and oxygen atoms in total. The predicted octanol–water partition coefficient (Wildman–Crippen LogP) is 4.50. The van der Waals surface area contributed by atoms with Crippen LogP contribution in [0.4, 0.5) is 20.6 Å². The highest BCUT2D eigenvalue weighted by molar-refractivity contribution is 14.1. The van der Waals surface area contributed by atoms with Crippen molar-refractivity contribution in [2.24, 2.45) is 5.11 Å². The van der Waals surface area contributed by atoms with Crippen LogP contribution in [0.3, 0.4) is 0 Å². The monoisotopic (exact) mass is 495 g/mol. The van der Waals surface area contributed by atoms with Crippen LogP contribution in [-0.2, 0) is 9.53 Å². The Morgan fingerprint density at radius 1 is 1.43 bits per heavy atom. The Morgan fingerprint density at radius 3 is 2.86 bits per heavy atom. The lowest BCUT2D eigenvalue weighted by atomic mass is 10.0. The number of azide groups is 1. The fourth-order valence-corrected chi connectivity index (χ4v) is 3.43. The van der Waals surface area contributed by atoms with Gasteiger partial charge in [0.1, 0.15) is 11.9 Å². The smallest absolute Gasteiger partial charge is 0.414 e. The fourth-order valence-electron chi connectivity index (χ4n) is 2.81. The summed E-state index contributed by atoms with van der Waals surface area (Å²) in [5.41, 5.74) is 10.4. The minimum atomic E-state index is -0.587. The number of benzene rings is 2. The van der Waals surface area contributed by atoms with Crippen molar-refractivity contribution < 1.29 is 18.7 Å². The Bertz CT molecular complexity index is 993. The summed E-state index contributed by atoms with van der Waals surface area (Å²) in [7, 11) is 0. The number of hydrogen-bond donors (Lipinski definition) is 1. The molecule has 0 aromatic heterocycles. The Kier molecular flexibility index (Phi) is 6.00. The third-order valence-corrected chi connectivity index (χ3v) is 4.99. The zero-order valence-corrected chi connectivity index (χ0v) is 16.9. The third-order valence-electron chi connectivity index (χ3n) is 4.13. The minimum Gasteiger partial charge on any atom is -0.442 e. The van der Waals surface area contributed by atoms with Gasteiger partial charge in [-0.3, -0.25) is 9.69 Å². The fraction of sp³-hybridized carbons (Fsp3) is 0.222. The number of hydrogen-bond acceptors (Lipinski definition) is 4. The van der Waals surface area contributed by atoms with Gasteiger partial charge in [-0.25, -0.2) is 9.18 Å². The van der Waals surface area contributed by atoms with Crippen LogP contribution in [0.25, 0.3) is 21.6 Å². The van der Waals surface area contributed by atoms with Crippen molar-refractivity contribution in [3.05, 3.63) is 56.2 Å². The number of nitrogens with one attached hydrogen (secondary N) is 1. The van der Waals surface area contributed by atoms with E-state index in [0.29, 0.717) is 26.1 Å². The summed E-state index contributed by atoms with van der Waals surface area (Å²) in [6, 6.07) is 9.49. The molecule has 144 valence electrons. The van der Waals surface area contributed by atoms with E-state index in [0.717, 1.165) is 0 Å². The van der Waals surface area contributed by atoms with Crippen LogP contribution >= 0.6 is 22.6 Å². The van der Waals surface area contributed by atoms with Gasteiger partial charge < -0.3 is 10.1 Å². The van der Waals surface area contributed by atoms with E-state index in [1.54, 1.807) is 30.3 Å². The quantitative estimate of drug-likeness (QED) is 0.286. The molecule has 10 heteroatoms. The summed E-state index contributed by atoms with van der Waals surface area (Å²) in [6.07, 6.45) is -1.08. The van der Waals surface area contributed by atoms with Crippen molar-refractivity contribution in [1.29, 1.82) is 0 Å². The van der Waals surface area contributed by atoms with Crippen molar-refractivity contribution in [3.63, 3.8) is 0 Å². The number of nitrogens with zero attached hydrogens (tertiary/aromatic N) is 4. The molecular weight excluding hydrogens is 480 g/mol. The van der Waals surface area contributed by atoms with E-state index in [1.165, 1.54) is 17.9 Å². The summed E-state index contributed by atoms with van der Waals surface area (Å²) in [4.78, 5) is 27.1. The van der Waals surface area contributed by atoms with Gasteiger partial charge in [0, 0.05) is 21.0 Å². The summed E-state index contributed by atoms with van der Waals surface area (Å²) < 4.78 is 20.6. The first-order valence-electron chi connectivity index (χ1n) is 8.26. The Hall–Kier alpha value is -2.85. The molecule has 1 aliphatic heterocycles. The molecule has 0 radical (unpaired) electrons. The zero-order chi connectivity index (χ0) is 20.3. The molecule has 0 bridgehead atoms. The van der Waals surface area contributed by atoms with Crippen LogP contribution in [0.1, 0.15) is 6.92 Å². The molecule has 2 amide bonds. The predicted molar refractivity (Wildman–Crippen MR) is 110 cm³/mol. The second-order valence-electron chi connectivity index (χ2n) is 6.07. The zero-order valence-electron chi connectivity index (χ0n) is 14.7. The molecule has 0 spiro atoms. The molecule has 3 rings (SSSR count). The van der Waals surface area contributed by atoms with Crippen LogP contribution in [-0.4, -0.2) is 31.2 Å². The number of carbonyl (C=O) groups is 2. The van der Waals surface area contributed by atoms with E-state index >= 15 is 0 Å². The SMILES string of the molecule is CC(=O)NC[C@H]1CN(c2ccc(-c3ccc(N=[N+]=[N-])c(I)c3)c(F)c2)C(=O)O1. The maximum absolute atomic E-state index is 14.7. The number of ether oxygens (including phenoxy) is 1. The molecule has 1 saturated heterocycles. The largest absolute Gasteiger partial charge is 0.442 e. The lowest BCUT2D eigenvalue weighted by Crippen LogP contribution is -2.33. The van der Waals surface area contributed by atoms with E-state index in [4.69, 9.17) is 10.3 Å². The van der Waals surface area contributed by atoms with Gasteiger partial charge in [0.05, 0.1) is 24.5 Å². The highest BCUT2D eigenvalue weighted by atomic mass is 127. The molecule has 0 saturated carbocycles. The first kappa shape index (κ1) is 19.9. The number of halogens is 2. The van der Waals surface area contributed by atoms with E-state index in [-0.39, 0.29) is 19.0 Å². The third kappa shape index (κ3) is 4.34. The summed E-state index contributed by atoms with van der Waals surface area (Å²) in [5.74, 6) is -0.714. The Morgan fingerprint density at radius 2 is 2.21 bits per heavy atom. The van der Waals surface area contributed by atoms with Crippen LogP contribution in [0.15, 0.2) is 41.5 Å². The molecule has 1 fully saturated rings. The van der Waals surface area contributed by atoms with Gasteiger partial charge >= 0.3 is 6.09 Å². The van der Waals surface area contributed by atoms with Crippen LogP contribution in [0.2, 0.25) is 0 Å². The average Bonchev–Trinajstić information content (AvgIpc) is 3.02. The molecule has 1 atom stereocenters. The molecule has 2 aromatic rings. The van der Waals surface area contributed by atoms with Crippen LogP contribution < -0.4 is 10.2 Å². The van der Waals surface area contributed by atoms with Crippen molar-refractivity contribution in [2.45, 2.75) is 13.0 Å². The number of cyclic esters (lactones) is 1. The maximum Gasteiger partial charge on any atom is 0.414 e. The Labute approximate surface area is 173 Å². The highest BCUT2D eigenvalue weighted by Gasteiger charge is 2.32. The summed E-state index contributed by atoms with van der Waals surface area (Å²) >= 11 is 2.02. The highest BCUT2D eigenvalue weighted by Crippen LogP contribution is 2.32. The second-order valence-corrected chi connectivity index (χ2v) is 7.24. The van der Waals surface area contributed by atoms with Gasteiger partial charge in [-0.05, 0) is 58.0 Å².